The van der Waals surface area contributed by atoms with Gasteiger partial charge in [0.1, 0.15) is 11.5 Å². The zero-order valence-electron chi connectivity index (χ0n) is 12.0. The Bertz CT molecular complexity index is 507. The molecular formula is C16H22N2O. The zero-order valence-corrected chi connectivity index (χ0v) is 12.0. The summed E-state index contributed by atoms with van der Waals surface area (Å²) in [6, 6.07) is 0. The van der Waals surface area contributed by atoms with Crippen LogP contribution in [0.4, 0.5) is 0 Å². The van der Waals surface area contributed by atoms with E-state index in [0.717, 1.165) is 23.7 Å². The van der Waals surface area contributed by atoms with Crippen LogP contribution in [-0.4, -0.2) is 23.1 Å². The number of carbonyl (C=O) groups is 1. The van der Waals surface area contributed by atoms with Crippen LogP contribution in [0.15, 0.2) is 28.5 Å². The summed E-state index contributed by atoms with van der Waals surface area (Å²) >= 11 is 0. The fourth-order valence-corrected chi connectivity index (χ4v) is 3.92. The molecule has 3 nitrogen and oxygen atoms in total. The van der Waals surface area contributed by atoms with Crippen molar-refractivity contribution in [2.75, 3.05) is 6.54 Å². The standard InChI is InChI=1S/C16H22N2O/c1-11-12(2)18-10-6-9-16(7-4-5-8-16)15(18)17-14(11)13(3)19/h2,4-10H2,1,3H3. The molecule has 0 aromatic heterocycles. The van der Waals surface area contributed by atoms with E-state index in [4.69, 9.17) is 4.99 Å². The van der Waals surface area contributed by atoms with Crippen LogP contribution >= 0.6 is 0 Å². The van der Waals surface area contributed by atoms with E-state index >= 15 is 0 Å². The van der Waals surface area contributed by atoms with Crippen LogP contribution in [0, 0.1) is 5.41 Å². The van der Waals surface area contributed by atoms with Gasteiger partial charge >= 0.3 is 0 Å². The van der Waals surface area contributed by atoms with Gasteiger partial charge in [0.05, 0.1) is 0 Å². The molecule has 0 N–H and O–H groups in total. The van der Waals surface area contributed by atoms with E-state index in [1.165, 1.54) is 38.5 Å². The molecule has 0 aromatic carbocycles. The molecule has 3 aliphatic rings. The van der Waals surface area contributed by atoms with Crippen molar-refractivity contribution in [2.24, 2.45) is 10.4 Å². The summed E-state index contributed by atoms with van der Waals surface area (Å²) in [5.74, 6) is 1.20. The summed E-state index contributed by atoms with van der Waals surface area (Å²) in [4.78, 5) is 18.9. The minimum atomic E-state index is 0.0597. The predicted molar refractivity (Wildman–Crippen MR) is 76.8 cm³/mol. The van der Waals surface area contributed by atoms with Gasteiger partial charge in [0.25, 0.3) is 0 Å². The highest BCUT2D eigenvalue weighted by Gasteiger charge is 2.45. The number of ketones is 1. The summed E-state index contributed by atoms with van der Waals surface area (Å²) in [5, 5.41) is 0. The minimum absolute atomic E-state index is 0.0597. The van der Waals surface area contributed by atoms with Gasteiger partial charge in [-0.2, -0.15) is 0 Å². The monoisotopic (exact) mass is 258 g/mol. The number of rotatable bonds is 1. The van der Waals surface area contributed by atoms with Crippen LogP contribution < -0.4 is 0 Å². The number of fused-ring (bicyclic) bond motifs is 2. The van der Waals surface area contributed by atoms with Crippen molar-refractivity contribution < 1.29 is 4.79 Å². The Balaban J connectivity index is 2.10. The van der Waals surface area contributed by atoms with E-state index in [1.54, 1.807) is 6.92 Å². The van der Waals surface area contributed by atoms with Crippen molar-refractivity contribution in [3.05, 3.63) is 23.5 Å². The highest BCUT2D eigenvalue weighted by atomic mass is 16.1. The summed E-state index contributed by atoms with van der Waals surface area (Å²) in [5.41, 5.74) is 2.79. The lowest BCUT2D eigenvalue weighted by atomic mass is 9.76. The van der Waals surface area contributed by atoms with E-state index in [1.807, 2.05) is 6.92 Å². The summed E-state index contributed by atoms with van der Waals surface area (Å²) < 4.78 is 0. The molecule has 2 aliphatic heterocycles. The van der Waals surface area contributed by atoms with Gasteiger partial charge in [-0.25, -0.2) is 4.99 Å². The predicted octanol–water partition coefficient (Wildman–Crippen LogP) is 3.43. The second-order valence-corrected chi connectivity index (χ2v) is 6.15. The van der Waals surface area contributed by atoms with Gasteiger partial charge in [0.15, 0.2) is 5.78 Å². The molecule has 0 radical (unpaired) electrons. The lowest BCUT2D eigenvalue weighted by molar-refractivity contribution is -0.113. The lowest BCUT2D eigenvalue weighted by Crippen LogP contribution is -2.48. The summed E-state index contributed by atoms with van der Waals surface area (Å²) in [7, 11) is 0. The number of amidine groups is 1. The first-order valence-corrected chi connectivity index (χ1v) is 7.33. The maximum atomic E-state index is 11.8. The van der Waals surface area contributed by atoms with Gasteiger partial charge in [-0.05, 0) is 32.6 Å². The van der Waals surface area contributed by atoms with Gasteiger partial charge in [-0.1, -0.05) is 19.4 Å². The molecule has 1 spiro atoms. The second-order valence-electron chi connectivity index (χ2n) is 6.15. The van der Waals surface area contributed by atoms with Crippen LogP contribution in [0.1, 0.15) is 52.4 Å². The highest BCUT2D eigenvalue weighted by molar-refractivity contribution is 6.02. The minimum Gasteiger partial charge on any atom is -0.330 e. The first kappa shape index (κ1) is 12.6. The molecule has 1 saturated carbocycles. The van der Waals surface area contributed by atoms with E-state index in [0.29, 0.717) is 5.70 Å². The topological polar surface area (TPSA) is 32.7 Å². The lowest BCUT2D eigenvalue weighted by Gasteiger charge is -2.45. The van der Waals surface area contributed by atoms with Crippen LogP contribution in [0.25, 0.3) is 0 Å². The van der Waals surface area contributed by atoms with Crippen molar-refractivity contribution >= 4 is 11.6 Å². The first-order valence-electron chi connectivity index (χ1n) is 7.33. The van der Waals surface area contributed by atoms with E-state index in [2.05, 4.69) is 11.5 Å². The number of Topliss-reactive ketones (excluding diaryl/α,β-unsaturated/α-hetero) is 1. The van der Waals surface area contributed by atoms with E-state index in [-0.39, 0.29) is 11.2 Å². The third kappa shape index (κ3) is 1.78. The number of carbonyl (C=O) groups excluding carboxylic acids is 1. The maximum absolute atomic E-state index is 11.8. The third-order valence-corrected chi connectivity index (χ3v) is 4.99. The average Bonchev–Trinajstić information content (AvgIpc) is 2.83. The number of allylic oxidation sites excluding steroid dienone is 2. The molecule has 1 saturated heterocycles. The van der Waals surface area contributed by atoms with E-state index in [9.17, 15) is 4.79 Å². The molecule has 0 aromatic rings. The van der Waals surface area contributed by atoms with E-state index < -0.39 is 0 Å². The Morgan fingerprint density at radius 3 is 2.53 bits per heavy atom. The SMILES string of the molecule is C=C1C(C)=C(C(C)=O)N=C2N1CCCC21CCCC1. The van der Waals surface area contributed by atoms with Crippen molar-refractivity contribution in [1.82, 2.24) is 4.90 Å². The van der Waals surface area contributed by atoms with Crippen LogP contribution in [-0.2, 0) is 4.79 Å². The van der Waals surface area contributed by atoms with Gasteiger partial charge < -0.3 is 4.90 Å². The average molecular weight is 258 g/mol. The molecule has 0 amide bonds. The Kier molecular flexibility index (Phi) is 2.88. The number of hydrogen-bond donors (Lipinski definition) is 0. The molecule has 0 bridgehead atoms. The van der Waals surface area contributed by atoms with Crippen LogP contribution in [0.2, 0.25) is 0 Å². The molecule has 19 heavy (non-hydrogen) atoms. The molecule has 0 atom stereocenters. The largest absolute Gasteiger partial charge is 0.330 e. The van der Waals surface area contributed by atoms with Gasteiger partial charge in [-0.15, -0.1) is 0 Å². The van der Waals surface area contributed by atoms with Crippen molar-refractivity contribution in [2.45, 2.75) is 52.4 Å². The van der Waals surface area contributed by atoms with Crippen LogP contribution in [0.3, 0.4) is 0 Å². The number of piperidine rings is 1. The highest BCUT2D eigenvalue weighted by Crippen LogP contribution is 2.49. The normalized spacial score (nSPS) is 25.7. The maximum Gasteiger partial charge on any atom is 0.178 e. The Hall–Kier alpha value is -1.38. The molecule has 3 rings (SSSR count). The fraction of sp³-hybridized carbons (Fsp3) is 0.625. The Labute approximate surface area is 115 Å². The second kappa shape index (κ2) is 4.32. The quantitative estimate of drug-likeness (QED) is 0.722. The fourth-order valence-electron chi connectivity index (χ4n) is 3.92. The third-order valence-electron chi connectivity index (χ3n) is 4.99. The van der Waals surface area contributed by atoms with Gasteiger partial charge in [0.2, 0.25) is 0 Å². The van der Waals surface area contributed by atoms with Crippen molar-refractivity contribution in [3.8, 4) is 0 Å². The smallest absolute Gasteiger partial charge is 0.178 e. The summed E-state index contributed by atoms with van der Waals surface area (Å²) in [6.45, 7) is 8.78. The van der Waals surface area contributed by atoms with Gasteiger partial charge in [-0.3, -0.25) is 4.79 Å². The Morgan fingerprint density at radius 2 is 1.89 bits per heavy atom. The van der Waals surface area contributed by atoms with Crippen molar-refractivity contribution in [3.63, 3.8) is 0 Å². The number of nitrogens with zero attached hydrogens (tertiary/aromatic N) is 2. The summed E-state index contributed by atoms with van der Waals surface area (Å²) in [6.07, 6.45) is 7.45. The van der Waals surface area contributed by atoms with Crippen molar-refractivity contribution in [1.29, 1.82) is 0 Å². The van der Waals surface area contributed by atoms with Gasteiger partial charge in [0, 0.05) is 30.2 Å². The zero-order chi connectivity index (χ0) is 13.6. The number of aliphatic imine (C=N–C) groups is 1. The number of hydrogen-bond acceptors (Lipinski definition) is 3. The molecule has 3 heteroatoms. The van der Waals surface area contributed by atoms with Crippen LogP contribution in [0.5, 0.6) is 0 Å². The molecule has 102 valence electrons. The Morgan fingerprint density at radius 1 is 1.26 bits per heavy atom. The molecule has 2 fully saturated rings. The molecular weight excluding hydrogens is 236 g/mol. The molecule has 0 unspecified atom stereocenters. The molecule has 2 heterocycles. The molecule has 1 aliphatic carbocycles. The first-order chi connectivity index (χ1) is 9.05.